The minimum absolute atomic E-state index is 0.0842. The summed E-state index contributed by atoms with van der Waals surface area (Å²) in [5, 5.41) is 9.66. The molecule has 1 atom stereocenters. The molecule has 188 valence electrons. The van der Waals surface area contributed by atoms with Crippen molar-refractivity contribution in [3.8, 4) is 5.75 Å². The van der Waals surface area contributed by atoms with Crippen molar-refractivity contribution in [3.05, 3.63) is 107 Å². The predicted molar refractivity (Wildman–Crippen MR) is 144 cm³/mol. The lowest BCUT2D eigenvalue weighted by molar-refractivity contribution is -0.270. The highest BCUT2D eigenvalue weighted by molar-refractivity contribution is 6.06. The van der Waals surface area contributed by atoms with Gasteiger partial charge in [0.25, 0.3) is 0 Å². The molecular weight excluding hydrogens is 448 g/mol. The largest absolute Gasteiger partial charge is 0.494 e. The molecule has 4 rings (SSSR count). The van der Waals surface area contributed by atoms with Crippen LogP contribution in [0.15, 0.2) is 78.9 Å². The first-order valence-electron chi connectivity index (χ1n) is 13.1. The molecule has 0 radical (unpaired) electrons. The summed E-state index contributed by atoms with van der Waals surface area (Å²) in [6.45, 7) is 4.86. The predicted octanol–water partition coefficient (Wildman–Crippen LogP) is 8.24. The maximum Gasteiger partial charge on any atom is 0.185 e. The Kier molecular flexibility index (Phi) is 9.10. The van der Waals surface area contributed by atoms with Crippen molar-refractivity contribution in [3.63, 3.8) is 0 Å². The van der Waals surface area contributed by atoms with Crippen LogP contribution in [-0.2, 0) is 4.89 Å². The first-order valence-corrected chi connectivity index (χ1v) is 13.1. The summed E-state index contributed by atoms with van der Waals surface area (Å²) in [5.74, 6) is 2.23. The molecule has 1 fully saturated rings. The van der Waals surface area contributed by atoms with Gasteiger partial charge in [-0.3, -0.25) is 10.1 Å². The van der Waals surface area contributed by atoms with Crippen molar-refractivity contribution in [2.75, 3.05) is 6.61 Å². The normalized spacial score (nSPS) is 18.8. The van der Waals surface area contributed by atoms with Gasteiger partial charge >= 0.3 is 0 Å². The van der Waals surface area contributed by atoms with E-state index in [9.17, 15) is 10.1 Å². The third kappa shape index (κ3) is 6.51. The van der Waals surface area contributed by atoms with Crippen molar-refractivity contribution >= 4 is 11.9 Å². The Balaban J connectivity index is 1.39. The van der Waals surface area contributed by atoms with Crippen molar-refractivity contribution in [1.82, 2.24) is 0 Å². The number of ketones is 1. The number of ether oxygens (including phenoxy) is 1. The maximum atomic E-state index is 12.6. The molecule has 0 saturated heterocycles. The highest BCUT2D eigenvalue weighted by atomic mass is 17.1. The summed E-state index contributed by atoms with van der Waals surface area (Å²) in [6, 6.07) is 23.2. The zero-order chi connectivity index (χ0) is 25.3. The molecule has 1 saturated carbocycles. The molecule has 1 aliphatic carbocycles. The topological polar surface area (TPSA) is 55.8 Å². The van der Waals surface area contributed by atoms with Gasteiger partial charge in [-0.25, -0.2) is 4.89 Å². The van der Waals surface area contributed by atoms with Crippen LogP contribution in [0, 0.1) is 5.92 Å². The van der Waals surface area contributed by atoms with Gasteiger partial charge in [0.05, 0.1) is 6.61 Å². The third-order valence-electron chi connectivity index (χ3n) is 7.36. The third-order valence-corrected chi connectivity index (χ3v) is 7.36. The number of carbonyl (C=O) groups is 1. The van der Waals surface area contributed by atoms with E-state index in [1.807, 2.05) is 55.5 Å². The average molecular weight is 485 g/mol. The van der Waals surface area contributed by atoms with Gasteiger partial charge < -0.3 is 4.74 Å². The van der Waals surface area contributed by atoms with Crippen LogP contribution in [0.3, 0.4) is 0 Å². The summed E-state index contributed by atoms with van der Waals surface area (Å²) in [5.41, 5.74) is 4.55. The Labute approximate surface area is 214 Å². The molecule has 36 heavy (non-hydrogen) atoms. The fourth-order valence-electron chi connectivity index (χ4n) is 5.09. The lowest BCUT2D eigenvalue weighted by Gasteiger charge is -2.28. The van der Waals surface area contributed by atoms with Gasteiger partial charge in [0.2, 0.25) is 0 Å². The van der Waals surface area contributed by atoms with E-state index in [2.05, 4.69) is 19.1 Å². The summed E-state index contributed by atoms with van der Waals surface area (Å²) in [4.78, 5) is 17.5. The second kappa shape index (κ2) is 12.7. The van der Waals surface area contributed by atoms with Crippen molar-refractivity contribution in [2.45, 2.75) is 58.0 Å². The van der Waals surface area contributed by atoms with Gasteiger partial charge in [-0.05, 0) is 84.9 Å². The van der Waals surface area contributed by atoms with Gasteiger partial charge in [0.1, 0.15) is 11.9 Å². The molecule has 3 aromatic rings. The lowest BCUT2D eigenvalue weighted by atomic mass is 9.77. The standard InChI is InChI=1S/C32H36O4/c1-3-23-5-10-25(11-6-23)26-12-16-28(17-13-26)32(36-34)29-18-14-27(15-19-29)31(33)22-9-24-7-20-30(21-8-24)35-4-2/h7-9,12-23,25,32,34H,3-6,10-11H2,1-2H3/b22-9+. The number of hydrogen-bond donors (Lipinski definition) is 1. The molecule has 0 bridgehead atoms. The van der Waals surface area contributed by atoms with E-state index in [1.54, 1.807) is 24.3 Å². The van der Waals surface area contributed by atoms with Crippen LogP contribution in [0.5, 0.6) is 5.75 Å². The fraction of sp³-hybridized carbons (Fsp3) is 0.344. The summed E-state index contributed by atoms with van der Waals surface area (Å²) in [7, 11) is 0. The van der Waals surface area contributed by atoms with Crippen LogP contribution in [0.4, 0.5) is 0 Å². The van der Waals surface area contributed by atoms with E-state index >= 15 is 0 Å². The van der Waals surface area contributed by atoms with E-state index in [0.717, 1.165) is 28.4 Å². The lowest BCUT2D eigenvalue weighted by Crippen LogP contribution is -2.12. The molecule has 0 spiro atoms. The van der Waals surface area contributed by atoms with E-state index in [0.29, 0.717) is 18.1 Å². The zero-order valence-electron chi connectivity index (χ0n) is 21.2. The Hall–Kier alpha value is -3.21. The fourth-order valence-corrected chi connectivity index (χ4v) is 5.09. The first-order chi connectivity index (χ1) is 17.6. The van der Waals surface area contributed by atoms with Crippen LogP contribution >= 0.6 is 0 Å². The van der Waals surface area contributed by atoms with Gasteiger partial charge in [-0.15, -0.1) is 0 Å². The molecule has 0 aromatic heterocycles. The Morgan fingerprint density at radius 2 is 1.50 bits per heavy atom. The van der Waals surface area contributed by atoms with Gasteiger partial charge in [-0.2, -0.15) is 0 Å². The average Bonchev–Trinajstić information content (AvgIpc) is 2.94. The minimum atomic E-state index is -0.599. The summed E-state index contributed by atoms with van der Waals surface area (Å²) < 4.78 is 5.45. The Morgan fingerprint density at radius 1 is 0.889 bits per heavy atom. The van der Waals surface area contributed by atoms with Crippen molar-refractivity contribution in [2.24, 2.45) is 5.92 Å². The van der Waals surface area contributed by atoms with Crippen molar-refractivity contribution < 1.29 is 19.7 Å². The monoisotopic (exact) mass is 484 g/mol. The molecule has 4 nitrogen and oxygen atoms in total. The SMILES string of the molecule is CCOc1ccc(/C=C/C(=O)c2ccc(C(OO)c3ccc(C4CCC(CC)CC4)cc3)cc2)cc1. The van der Waals surface area contributed by atoms with E-state index < -0.39 is 6.10 Å². The molecule has 0 amide bonds. The quantitative estimate of drug-likeness (QED) is 0.136. The highest BCUT2D eigenvalue weighted by Gasteiger charge is 2.22. The van der Waals surface area contributed by atoms with Gasteiger partial charge in [0.15, 0.2) is 5.78 Å². The maximum absolute atomic E-state index is 12.6. The number of hydrogen-bond acceptors (Lipinski definition) is 4. The summed E-state index contributed by atoms with van der Waals surface area (Å²) in [6.07, 6.45) is 9.17. The number of allylic oxidation sites excluding steroid dienone is 1. The zero-order valence-corrected chi connectivity index (χ0v) is 21.2. The van der Waals surface area contributed by atoms with Crippen LogP contribution in [0.25, 0.3) is 6.08 Å². The number of benzene rings is 3. The molecule has 3 aromatic carbocycles. The number of carbonyl (C=O) groups excluding carboxylic acids is 1. The smallest absolute Gasteiger partial charge is 0.185 e. The molecule has 4 heteroatoms. The van der Waals surface area contributed by atoms with Gasteiger partial charge in [0, 0.05) is 5.56 Å². The molecule has 0 heterocycles. The van der Waals surface area contributed by atoms with E-state index in [1.165, 1.54) is 37.7 Å². The van der Waals surface area contributed by atoms with E-state index in [4.69, 9.17) is 9.62 Å². The van der Waals surface area contributed by atoms with E-state index in [-0.39, 0.29) is 5.78 Å². The first kappa shape index (κ1) is 25.9. The van der Waals surface area contributed by atoms with Gasteiger partial charge in [-0.1, -0.05) is 80.1 Å². The minimum Gasteiger partial charge on any atom is -0.494 e. The van der Waals surface area contributed by atoms with Crippen molar-refractivity contribution in [1.29, 1.82) is 0 Å². The molecule has 1 N–H and O–H groups in total. The highest BCUT2D eigenvalue weighted by Crippen LogP contribution is 2.37. The summed E-state index contributed by atoms with van der Waals surface area (Å²) >= 11 is 0. The number of rotatable bonds is 10. The second-order valence-corrected chi connectivity index (χ2v) is 9.60. The Morgan fingerprint density at radius 3 is 2.06 bits per heavy atom. The molecule has 1 unspecified atom stereocenters. The Bertz CT molecular complexity index is 1120. The molecule has 1 aliphatic rings. The van der Waals surface area contributed by atoms with Crippen LogP contribution in [-0.4, -0.2) is 17.6 Å². The molecular formula is C32H36O4. The second-order valence-electron chi connectivity index (χ2n) is 9.60. The van der Waals surface area contributed by atoms with Crippen LogP contribution in [0.1, 0.15) is 90.6 Å². The molecule has 0 aliphatic heterocycles. The van der Waals surface area contributed by atoms with Crippen LogP contribution in [0.2, 0.25) is 0 Å². The van der Waals surface area contributed by atoms with Crippen LogP contribution < -0.4 is 4.74 Å².